The summed E-state index contributed by atoms with van der Waals surface area (Å²) >= 11 is 1.54. The van der Waals surface area contributed by atoms with Crippen molar-refractivity contribution in [3.05, 3.63) is 46.4 Å². The fourth-order valence-corrected chi connectivity index (χ4v) is 3.65. The van der Waals surface area contributed by atoms with E-state index in [1.54, 1.807) is 16.8 Å². The Balaban J connectivity index is 1.70. The van der Waals surface area contributed by atoms with Crippen LogP contribution in [0.25, 0.3) is 0 Å². The fourth-order valence-electron chi connectivity index (χ4n) is 3.10. The number of nitrogens with zero attached hydrogens (tertiary/aromatic N) is 2. The quantitative estimate of drug-likeness (QED) is 0.875. The van der Waals surface area contributed by atoms with Gasteiger partial charge in [-0.25, -0.2) is 4.98 Å². The number of aromatic nitrogens is 1. The molecule has 1 unspecified atom stereocenters. The van der Waals surface area contributed by atoms with E-state index >= 15 is 0 Å². The lowest BCUT2D eigenvalue weighted by molar-refractivity contribution is 0.0669. The van der Waals surface area contributed by atoms with Gasteiger partial charge in [0, 0.05) is 18.5 Å². The third-order valence-corrected chi connectivity index (χ3v) is 4.91. The SMILES string of the molecule is CNCC1CCCN(C(=O)c2ccccc2OCc2cscn2)C1. The summed E-state index contributed by atoms with van der Waals surface area (Å²) in [4.78, 5) is 19.1. The van der Waals surface area contributed by atoms with E-state index in [1.165, 1.54) is 6.42 Å². The van der Waals surface area contributed by atoms with Crippen LogP contribution < -0.4 is 10.1 Å². The first-order chi connectivity index (χ1) is 11.8. The number of likely N-dealkylation sites (tertiary alicyclic amines) is 1. The number of nitrogens with one attached hydrogen (secondary N) is 1. The number of benzene rings is 1. The summed E-state index contributed by atoms with van der Waals surface area (Å²) in [6.45, 7) is 2.96. The number of piperidine rings is 1. The first-order valence-corrected chi connectivity index (χ1v) is 9.25. The molecule has 1 fully saturated rings. The van der Waals surface area contributed by atoms with E-state index in [2.05, 4.69) is 10.3 Å². The zero-order valence-electron chi connectivity index (χ0n) is 13.9. The van der Waals surface area contributed by atoms with Gasteiger partial charge in [-0.15, -0.1) is 11.3 Å². The van der Waals surface area contributed by atoms with E-state index in [4.69, 9.17) is 4.74 Å². The number of hydrogen-bond acceptors (Lipinski definition) is 5. The average Bonchev–Trinajstić information content (AvgIpc) is 3.14. The lowest BCUT2D eigenvalue weighted by atomic mass is 9.97. The molecule has 24 heavy (non-hydrogen) atoms. The number of ether oxygens (including phenoxy) is 1. The van der Waals surface area contributed by atoms with Crippen molar-refractivity contribution in [3.63, 3.8) is 0 Å². The molecule has 5 nitrogen and oxygen atoms in total. The number of thiazole rings is 1. The van der Waals surface area contributed by atoms with E-state index in [9.17, 15) is 4.79 Å². The predicted octanol–water partition coefficient (Wildman–Crippen LogP) is 2.79. The van der Waals surface area contributed by atoms with Crippen molar-refractivity contribution < 1.29 is 9.53 Å². The molecule has 1 N–H and O–H groups in total. The number of hydrogen-bond donors (Lipinski definition) is 1. The Morgan fingerprint density at radius 1 is 1.46 bits per heavy atom. The van der Waals surface area contributed by atoms with Gasteiger partial charge in [-0.1, -0.05) is 12.1 Å². The molecule has 1 aromatic carbocycles. The number of carbonyl (C=O) groups excluding carboxylic acids is 1. The fraction of sp³-hybridized carbons (Fsp3) is 0.444. The van der Waals surface area contributed by atoms with Gasteiger partial charge in [0.05, 0.1) is 16.8 Å². The highest BCUT2D eigenvalue weighted by molar-refractivity contribution is 7.07. The highest BCUT2D eigenvalue weighted by atomic mass is 32.1. The van der Waals surface area contributed by atoms with Crippen LogP contribution >= 0.6 is 11.3 Å². The van der Waals surface area contributed by atoms with Gasteiger partial charge in [0.25, 0.3) is 5.91 Å². The Kier molecular flexibility index (Phi) is 5.82. The van der Waals surface area contributed by atoms with Crippen LogP contribution in [0.15, 0.2) is 35.2 Å². The molecule has 1 atom stereocenters. The van der Waals surface area contributed by atoms with Gasteiger partial charge in [-0.2, -0.15) is 0 Å². The van der Waals surface area contributed by atoms with Crippen LogP contribution in [0.2, 0.25) is 0 Å². The topological polar surface area (TPSA) is 54.5 Å². The molecule has 0 saturated carbocycles. The van der Waals surface area contributed by atoms with Crippen molar-refractivity contribution in [3.8, 4) is 5.75 Å². The molecule has 0 bridgehead atoms. The number of carbonyl (C=O) groups is 1. The van der Waals surface area contributed by atoms with Crippen LogP contribution in [-0.2, 0) is 6.61 Å². The number of amides is 1. The van der Waals surface area contributed by atoms with Crippen molar-refractivity contribution in [2.24, 2.45) is 5.92 Å². The van der Waals surface area contributed by atoms with E-state index in [0.717, 1.165) is 31.7 Å². The summed E-state index contributed by atoms with van der Waals surface area (Å²) in [6.07, 6.45) is 2.23. The average molecular weight is 345 g/mol. The van der Waals surface area contributed by atoms with Gasteiger partial charge in [0.1, 0.15) is 12.4 Å². The van der Waals surface area contributed by atoms with Gasteiger partial charge in [0.15, 0.2) is 0 Å². The molecule has 0 spiro atoms. The summed E-state index contributed by atoms with van der Waals surface area (Å²) in [5.74, 6) is 1.21. The van der Waals surface area contributed by atoms with Crippen molar-refractivity contribution in [1.82, 2.24) is 15.2 Å². The second kappa shape index (κ2) is 8.26. The van der Waals surface area contributed by atoms with Crippen LogP contribution in [0, 0.1) is 5.92 Å². The number of para-hydroxylation sites is 1. The molecule has 1 amide bonds. The smallest absolute Gasteiger partial charge is 0.257 e. The lowest BCUT2D eigenvalue weighted by Crippen LogP contribution is -2.42. The Bertz CT molecular complexity index is 658. The lowest BCUT2D eigenvalue weighted by Gasteiger charge is -2.33. The van der Waals surface area contributed by atoms with Gasteiger partial charge in [-0.05, 0) is 44.5 Å². The second-order valence-corrected chi connectivity index (χ2v) is 6.80. The van der Waals surface area contributed by atoms with Crippen molar-refractivity contribution in [2.45, 2.75) is 19.4 Å². The molecule has 0 radical (unpaired) electrons. The van der Waals surface area contributed by atoms with Crippen molar-refractivity contribution in [1.29, 1.82) is 0 Å². The minimum absolute atomic E-state index is 0.0599. The van der Waals surface area contributed by atoms with Crippen molar-refractivity contribution >= 4 is 17.2 Å². The monoisotopic (exact) mass is 345 g/mol. The molecule has 1 aliphatic rings. The third-order valence-electron chi connectivity index (χ3n) is 4.28. The van der Waals surface area contributed by atoms with Gasteiger partial charge in [-0.3, -0.25) is 4.79 Å². The normalized spacial score (nSPS) is 17.7. The van der Waals surface area contributed by atoms with Crippen LogP contribution in [0.4, 0.5) is 0 Å². The van der Waals surface area contributed by atoms with Gasteiger partial charge in [0.2, 0.25) is 0 Å². The maximum absolute atomic E-state index is 12.9. The molecule has 2 aromatic rings. The maximum Gasteiger partial charge on any atom is 0.257 e. The van der Waals surface area contributed by atoms with Crippen molar-refractivity contribution in [2.75, 3.05) is 26.7 Å². The molecule has 0 aliphatic carbocycles. The van der Waals surface area contributed by atoms with E-state index in [1.807, 2.05) is 41.6 Å². The first-order valence-electron chi connectivity index (χ1n) is 8.30. The van der Waals surface area contributed by atoms with Crippen LogP contribution in [0.5, 0.6) is 5.75 Å². The summed E-state index contributed by atoms with van der Waals surface area (Å²) in [7, 11) is 1.96. The number of rotatable bonds is 6. The molecular weight excluding hydrogens is 322 g/mol. The van der Waals surface area contributed by atoms with Gasteiger partial charge < -0.3 is 15.0 Å². The summed E-state index contributed by atoms with van der Waals surface area (Å²) in [5.41, 5.74) is 3.30. The predicted molar refractivity (Wildman–Crippen MR) is 95.4 cm³/mol. The highest BCUT2D eigenvalue weighted by Crippen LogP contribution is 2.24. The molecule has 3 rings (SSSR count). The molecule has 1 aliphatic heterocycles. The second-order valence-electron chi connectivity index (χ2n) is 6.08. The Morgan fingerprint density at radius 2 is 2.33 bits per heavy atom. The standard InChI is InChI=1S/C18H23N3O2S/c1-19-9-14-5-4-8-21(10-14)18(22)16-6-2-3-7-17(16)23-11-15-12-24-13-20-15/h2-3,6-7,12-14,19H,4-5,8-11H2,1H3. The van der Waals surface area contributed by atoms with Crippen LogP contribution in [0.3, 0.4) is 0 Å². The zero-order valence-corrected chi connectivity index (χ0v) is 14.7. The third kappa shape index (κ3) is 4.13. The van der Waals surface area contributed by atoms with Gasteiger partial charge >= 0.3 is 0 Å². The molecular formula is C18H23N3O2S. The summed E-state index contributed by atoms with van der Waals surface area (Å²) < 4.78 is 5.85. The van der Waals surface area contributed by atoms with E-state index < -0.39 is 0 Å². The van der Waals surface area contributed by atoms with Crippen LogP contribution in [-0.4, -0.2) is 42.5 Å². The Morgan fingerprint density at radius 3 is 3.12 bits per heavy atom. The maximum atomic E-state index is 12.9. The largest absolute Gasteiger partial charge is 0.486 e. The van der Waals surface area contributed by atoms with Crippen LogP contribution in [0.1, 0.15) is 28.9 Å². The molecule has 6 heteroatoms. The first kappa shape index (κ1) is 16.9. The molecule has 2 heterocycles. The zero-order chi connectivity index (χ0) is 16.8. The highest BCUT2D eigenvalue weighted by Gasteiger charge is 2.25. The molecule has 128 valence electrons. The minimum atomic E-state index is 0.0599. The Hall–Kier alpha value is -1.92. The molecule has 1 saturated heterocycles. The summed E-state index contributed by atoms with van der Waals surface area (Å²) in [5, 5.41) is 5.17. The van der Waals surface area contributed by atoms with E-state index in [-0.39, 0.29) is 5.91 Å². The Labute approximate surface area is 146 Å². The van der Waals surface area contributed by atoms with E-state index in [0.29, 0.717) is 23.8 Å². The summed E-state index contributed by atoms with van der Waals surface area (Å²) in [6, 6.07) is 7.49. The minimum Gasteiger partial charge on any atom is -0.486 e. The molecule has 1 aromatic heterocycles.